The third-order valence-corrected chi connectivity index (χ3v) is 4.49. The molecule has 0 unspecified atom stereocenters. The Morgan fingerprint density at radius 1 is 1.17 bits per heavy atom. The molecule has 1 fully saturated rings. The number of nitrogens with zero attached hydrogens (tertiary/aromatic N) is 1. The van der Waals surface area contributed by atoms with Crippen LogP contribution < -0.4 is 16.4 Å². The van der Waals surface area contributed by atoms with Crippen LogP contribution in [0, 0.1) is 5.92 Å². The third-order valence-electron chi connectivity index (χ3n) is 4.49. The topological polar surface area (TPSA) is 84.0 Å². The number of aromatic amines is 1. The molecule has 1 aliphatic carbocycles. The number of hydrogen-bond donors (Lipinski definition) is 2. The highest BCUT2D eigenvalue weighted by Gasteiger charge is 2.20. The van der Waals surface area contributed by atoms with Crippen LogP contribution in [0.2, 0.25) is 0 Å². The van der Waals surface area contributed by atoms with Crippen molar-refractivity contribution in [2.24, 2.45) is 5.92 Å². The number of para-hydroxylation sites is 2. The van der Waals surface area contributed by atoms with Gasteiger partial charge in [-0.1, -0.05) is 31.4 Å². The first-order valence-electron chi connectivity index (χ1n) is 8.16. The number of carbonyl (C=O) groups is 1. The molecule has 0 radical (unpaired) electrons. The van der Waals surface area contributed by atoms with Gasteiger partial charge in [-0.05, 0) is 25.0 Å². The molecule has 0 bridgehead atoms. The molecule has 1 amide bonds. The SMILES string of the molecule is O=C(NCCn1c(=O)c(=O)[nH]c2ccccc21)C1CCCCC1. The number of benzene rings is 1. The van der Waals surface area contributed by atoms with E-state index in [-0.39, 0.29) is 11.8 Å². The molecule has 6 heteroatoms. The Balaban J connectivity index is 1.72. The molecule has 0 saturated heterocycles. The molecule has 6 nitrogen and oxygen atoms in total. The molecule has 0 atom stereocenters. The van der Waals surface area contributed by atoms with Gasteiger partial charge in [0.2, 0.25) is 5.91 Å². The lowest BCUT2D eigenvalue weighted by Crippen LogP contribution is -2.40. The van der Waals surface area contributed by atoms with Gasteiger partial charge < -0.3 is 14.9 Å². The van der Waals surface area contributed by atoms with Gasteiger partial charge in [-0.3, -0.25) is 14.4 Å². The molecule has 0 aliphatic heterocycles. The van der Waals surface area contributed by atoms with Crippen LogP contribution in [-0.2, 0) is 11.3 Å². The summed E-state index contributed by atoms with van der Waals surface area (Å²) in [5.41, 5.74) is 0.0673. The highest BCUT2D eigenvalue weighted by molar-refractivity contribution is 5.78. The second kappa shape index (κ2) is 6.81. The van der Waals surface area contributed by atoms with E-state index in [1.165, 1.54) is 11.0 Å². The molecule has 1 saturated carbocycles. The normalized spacial score (nSPS) is 15.7. The second-order valence-corrected chi connectivity index (χ2v) is 6.05. The minimum absolute atomic E-state index is 0.0619. The summed E-state index contributed by atoms with van der Waals surface area (Å²) in [5.74, 6) is 0.156. The summed E-state index contributed by atoms with van der Waals surface area (Å²) in [6.45, 7) is 0.643. The lowest BCUT2D eigenvalue weighted by Gasteiger charge is -2.20. The van der Waals surface area contributed by atoms with Crippen molar-refractivity contribution in [1.82, 2.24) is 14.9 Å². The van der Waals surface area contributed by atoms with E-state index >= 15 is 0 Å². The molecule has 2 N–H and O–H groups in total. The van der Waals surface area contributed by atoms with E-state index < -0.39 is 11.1 Å². The van der Waals surface area contributed by atoms with E-state index in [0.717, 1.165) is 25.7 Å². The van der Waals surface area contributed by atoms with E-state index in [9.17, 15) is 14.4 Å². The summed E-state index contributed by atoms with van der Waals surface area (Å²) < 4.78 is 1.43. The van der Waals surface area contributed by atoms with E-state index in [4.69, 9.17) is 0 Å². The van der Waals surface area contributed by atoms with Gasteiger partial charge in [0.15, 0.2) is 0 Å². The molecular weight excluding hydrogens is 294 g/mol. The first kappa shape index (κ1) is 15.5. The second-order valence-electron chi connectivity index (χ2n) is 6.05. The smallest absolute Gasteiger partial charge is 0.316 e. The number of carbonyl (C=O) groups excluding carboxylic acids is 1. The van der Waals surface area contributed by atoms with Crippen molar-refractivity contribution in [1.29, 1.82) is 0 Å². The van der Waals surface area contributed by atoms with Crippen LogP contribution in [-0.4, -0.2) is 22.0 Å². The number of rotatable bonds is 4. The summed E-state index contributed by atoms with van der Waals surface area (Å²) in [6, 6.07) is 7.16. The molecule has 122 valence electrons. The molecule has 1 aromatic carbocycles. The first-order valence-corrected chi connectivity index (χ1v) is 8.16. The first-order chi connectivity index (χ1) is 11.2. The van der Waals surface area contributed by atoms with Gasteiger partial charge >= 0.3 is 11.1 Å². The highest BCUT2D eigenvalue weighted by Crippen LogP contribution is 2.23. The minimum Gasteiger partial charge on any atom is -0.354 e. The zero-order valence-corrected chi connectivity index (χ0v) is 13.0. The van der Waals surface area contributed by atoms with E-state index in [1.54, 1.807) is 18.2 Å². The molecule has 1 aromatic heterocycles. The van der Waals surface area contributed by atoms with Crippen LogP contribution in [0.4, 0.5) is 0 Å². The largest absolute Gasteiger partial charge is 0.354 e. The zero-order valence-electron chi connectivity index (χ0n) is 13.0. The summed E-state index contributed by atoms with van der Waals surface area (Å²) in [5, 5.41) is 2.90. The average Bonchev–Trinajstić information content (AvgIpc) is 2.59. The monoisotopic (exact) mass is 315 g/mol. The minimum atomic E-state index is -0.637. The average molecular weight is 315 g/mol. The van der Waals surface area contributed by atoms with Crippen molar-refractivity contribution in [2.75, 3.05) is 6.54 Å². The Bertz CT molecular complexity index is 816. The number of H-pyrrole nitrogens is 1. The summed E-state index contributed by atoms with van der Waals surface area (Å²) in [6.07, 6.45) is 5.31. The Labute approximate surface area is 133 Å². The van der Waals surface area contributed by atoms with Gasteiger partial charge in [0.1, 0.15) is 0 Å². The third kappa shape index (κ3) is 3.36. The number of fused-ring (bicyclic) bond motifs is 1. The molecule has 3 rings (SSSR count). The van der Waals surface area contributed by atoms with Crippen LogP contribution in [0.25, 0.3) is 11.0 Å². The molecule has 1 aliphatic rings. The van der Waals surface area contributed by atoms with Gasteiger partial charge in [0, 0.05) is 19.0 Å². The summed E-state index contributed by atoms with van der Waals surface area (Å²) in [4.78, 5) is 38.5. The number of aromatic nitrogens is 2. The van der Waals surface area contributed by atoms with Crippen molar-refractivity contribution in [2.45, 2.75) is 38.6 Å². The summed E-state index contributed by atoms with van der Waals surface area (Å²) >= 11 is 0. The predicted molar refractivity (Wildman–Crippen MR) is 88.4 cm³/mol. The fourth-order valence-corrected chi connectivity index (χ4v) is 3.24. The Morgan fingerprint density at radius 3 is 2.70 bits per heavy atom. The van der Waals surface area contributed by atoms with Gasteiger partial charge in [0.25, 0.3) is 0 Å². The van der Waals surface area contributed by atoms with Crippen molar-refractivity contribution >= 4 is 16.9 Å². The van der Waals surface area contributed by atoms with Crippen LogP contribution in [0.1, 0.15) is 32.1 Å². The molecular formula is C17H21N3O3. The molecule has 1 heterocycles. The Kier molecular flexibility index (Phi) is 4.60. The summed E-state index contributed by atoms with van der Waals surface area (Å²) in [7, 11) is 0. The van der Waals surface area contributed by atoms with Crippen LogP contribution in [0.5, 0.6) is 0 Å². The Hall–Kier alpha value is -2.37. The van der Waals surface area contributed by atoms with E-state index in [0.29, 0.717) is 24.1 Å². The van der Waals surface area contributed by atoms with Crippen LogP contribution in [0.3, 0.4) is 0 Å². The van der Waals surface area contributed by atoms with Gasteiger partial charge in [-0.2, -0.15) is 0 Å². The van der Waals surface area contributed by atoms with Gasteiger partial charge in [-0.25, -0.2) is 0 Å². The van der Waals surface area contributed by atoms with Gasteiger partial charge in [0.05, 0.1) is 11.0 Å². The van der Waals surface area contributed by atoms with Crippen molar-refractivity contribution in [3.05, 3.63) is 45.0 Å². The maximum atomic E-state index is 12.1. The maximum absolute atomic E-state index is 12.1. The highest BCUT2D eigenvalue weighted by atomic mass is 16.2. The predicted octanol–water partition coefficient (Wildman–Crippen LogP) is 1.39. The van der Waals surface area contributed by atoms with E-state index in [1.807, 2.05) is 6.07 Å². The fourth-order valence-electron chi connectivity index (χ4n) is 3.24. The standard InChI is InChI=1S/C17H21N3O3/c21-15(12-6-2-1-3-7-12)18-10-11-20-14-9-5-4-8-13(14)19-16(22)17(20)23/h4-5,8-9,12H,1-3,6-7,10-11H2,(H,18,21)(H,19,22). The fraction of sp³-hybridized carbons (Fsp3) is 0.471. The number of hydrogen-bond acceptors (Lipinski definition) is 3. The zero-order chi connectivity index (χ0) is 16.2. The quantitative estimate of drug-likeness (QED) is 0.836. The van der Waals surface area contributed by atoms with Crippen molar-refractivity contribution < 1.29 is 4.79 Å². The molecule has 23 heavy (non-hydrogen) atoms. The van der Waals surface area contributed by atoms with Gasteiger partial charge in [-0.15, -0.1) is 0 Å². The molecule has 0 spiro atoms. The number of nitrogens with one attached hydrogen (secondary N) is 2. The van der Waals surface area contributed by atoms with Crippen molar-refractivity contribution in [3.8, 4) is 0 Å². The number of amides is 1. The van der Waals surface area contributed by atoms with Crippen molar-refractivity contribution in [3.63, 3.8) is 0 Å². The Morgan fingerprint density at radius 2 is 1.91 bits per heavy atom. The van der Waals surface area contributed by atoms with E-state index in [2.05, 4.69) is 10.3 Å². The molecule has 2 aromatic rings. The maximum Gasteiger partial charge on any atom is 0.316 e. The van der Waals surface area contributed by atoms with Crippen LogP contribution in [0.15, 0.2) is 33.9 Å². The van der Waals surface area contributed by atoms with Crippen LogP contribution >= 0.6 is 0 Å². The lowest BCUT2D eigenvalue weighted by molar-refractivity contribution is -0.125. The lowest BCUT2D eigenvalue weighted by atomic mass is 9.89.